The fraction of sp³-hybridized carbons (Fsp3) is 0.714. The van der Waals surface area contributed by atoms with Crippen LogP contribution in [-0.4, -0.2) is 67.5 Å². The largest absolute Gasteiger partial charge is 0.468 e. The van der Waals surface area contributed by atoms with Gasteiger partial charge in [0.15, 0.2) is 5.96 Å². The molecule has 1 unspecified atom stereocenters. The van der Waals surface area contributed by atoms with Crippen LogP contribution in [0.5, 0.6) is 0 Å². The Hall–Kier alpha value is -1.29. The maximum atomic E-state index is 12.2. The maximum absolute atomic E-state index is 12.2. The van der Waals surface area contributed by atoms with Crippen LogP contribution in [0.2, 0.25) is 0 Å². The van der Waals surface area contributed by atoms with E-state index in [2.05, 4.69) is 22.5 Å². The van der Waals surface area contributed by atoms with Crippen LogP contribution in [0.15, 0.2) is 27.8 Å². The van der Waals surface area contributed by atoms with Gasteiger partial charge < -0.3 is 20.0 Å². The lowest BCUT2D eigenvalue weighted by atomic mass is 10.1. The minimum Gasteiger partial charge on any atom is -0.468 e. The highest BCUT2D eigenvalue weighted by atomic mass is 127. The summed E-state index contributed by atoms with van der Waals surface area (Å²) in [6.45, 7) is 8.10. The molecule has 0 aromatic carbocycles. The molecule has 29 heavy (non-hydrogen) atoms. The molecule has 164 valence electrons. The second-order valence-corrected chi connectivity index (χ2v) is 7.61. The van der Waals surface area contributed by atoms with Crippen LogP contribution in [0.25, 0.3) is 0 Å². The van der Waals surface area contributed by atoms with Gasteiger partial charge in [-0.2, -0.15) is 0 Å². The number of nitrogens with one attached hydrogen (secondary N) is 2. The predicted octanol–water partition coefficient (Wildman–Crippen LogP) is 2.99. The number of likely N-dealkylation sites (tertiary alicyclic amines) is 2. The van der Waals surface area contributed by atoms with E-state index in [1.54, 1.807) is 6.26 Å². The van der Waals surface area contributed by atoms with Gasteiger partial charge in [0.1, 0.15) is 5.76 Å². The Bertz CT molecular complexity index is 611. The summed E-state index contributed by atoms with van der Waals surface area (Å²) >= 11 is 0. The number of hydrogen-bond donors (Lipinski definition) is 2. The maximum Gasteiger partial charge on any atom is 0.224 e. The summed E-state index contributed by atoms with van der Waals surface area (Å²) in [4.78, 5) is 21.5. The summed E-state index contributed by atoms with van der Waals surface area (Å²) in [5.74, 6) is 1.98. The molecule has 8 heteroatoms. The molecule has 3 rings (SSSR count). The zero-order chi connectivity index (χ0) is 19.6. The molecule has 0 radical (unpaired) electrons. The van der Waals surface area contributed by atoms with E-state index >= 15 is 0 Å². The molecule has 0 spiro atoms. The van der Waals surface area contributed by atoms with Gasteiger partial charge in [0.2, 0.25) is 5.91 Å². The molecule has 2 saturated heterocycles. The Morgan fingerprint density at radius 3 is 2.52 bits per heavy atom. The van der Waals surface area contributed by atoms with Crippen molar-refractivity contribution in [3.63, 3.8) is 0 Å². The van der Waals surface area contributed by atoms with Crippen LogP contribution in [0.4, 0.5) is 0 Å². The second kappa shape index (κ2) is 13.1. The molecule has 1 aromatic rings. The second-order valence-electron chi connectivity index (χ2n) is 7.61. The molecule has 0 aliphatic carbocycles. The molecule has 0 bridgehead atoms. The van der Waals surface area contributed by atoms with Gasteiger partial charge in [0.25, 0.3) is 0 Å². The zero-order valence-electron chi connectivity index (χ0n) is 17.6. The van der Waals surface area contributed by atoms with Crippen molar-refractivity contribution < 1.29 is 9.21 Å². The number of aliphatic imine (C=N–C) groups is 1. The van der Waals surface area contributed by atoms with Gasteiger partial charge in [-0.3, -0.25) is 14.7 Å². The van der Waals surface area contributed by atoms with Crippen LogP contribution in [0.1, 0.15) is 57.3 Å². The number of nitrogens with zero attached hydrogens (tertiary/aromatic N) is 3. The third-order valence-corrected chi connectivity index (χ3v) is 5.56. The minimum absolute atomic E-state index is 0. The van der Waals surface area contributed by atoms with E-state index in [0.717, 1.165) is 57.3 Å². The van der Waals surface area contributed by atoms with Gasteiger partial charge in [-0.1, -0.05) is 6.42 Å². The highest BCUT2D eigenvalue weighted by Crippen LogP contribution is 2.25. The van der Waals surface area contributed by atoms with E-state index in [0.29, 0.717) is 19.5 Å². The molecule has 3 heterocycles. The van der Waals surface area contributed by atoms with E-state index in [-0.39, 0.29) is 35.9 Å². The number of guanidine groups is 1. The number of rotatable bonds is 8. The van der Waals surface area contributed by atoms with Crippen LogP contribution in [0, 0.1) is 0 Å². The molecule has 2 aliphatic rings. The molecule has 2 N–H and O–H groups in total. The Kier molecular flexibility index (Phi) is 10.8. The van der Waals surface area contributed by atoms with Crippen LogP contribution in [0.3, 0.4) is 0 Å². The smallest absolute Gasteiger partial charge is 0.224 e. The lowest BCUT2D eigenvalue weighted by molar-refractivity contribution is -0.129. The number of hydrogen-bond acceptors (Lipinski definition) is 4. The summed E-state index contributed by atoms with van der Waals surface area (Å²) in [5.41, 5.74) is 0. The van der Waals surface area contributed by atoms with Crippen molar-refractivity contribution in [2.24, 2.45) is 4.99 Å². The molecule has 1 amide bonds. The van der Waals surface area contributed by atoms with Gasteiger partial charge in [-0.05, 0) is 57.8 Å². The van der Waals surface area contributed by atoms with Crippen molar-refractivity contribution in [1.29, 1.82) is 0 Å². The molecule has 2 aliphatic heterocycles. The Morgan fingerprint density at radius 2 is 1.86 bits per heavy atom. The lowest BCUT2D eigenvalue weighted by Gasteiger charge is -2.32. The van der Waals surface area contributed by atoms with Crippen molar-refractivity contribution in [1.82, 2.24) is 20.4 Å². The molecule has 2 fully saturated rings. The van der Waals surface area contributed by atoms with Gasteiger partial charge in [-0.15, -0.1) is 24.0 Å². The molecular weight excluding hydrogens is 481 g/mol. The molecule has 0 saturated carbocycles. The van der Waals surface area contributed by atoms with Gasteiger partial charge in [0.05, 0.1) is 18.8 Å². The molecule has 1 aromatic heterocycles. The van der Waals surface area contributed by atoms with Crippen molar-refractivity contribution in [2.45, 2.75) is 51.5 Å². The van der Waals surface area contributed by atoms with E-state index < -0.39 is 0 Å². The molecule has 1 atom stereocenters. The van der Waals surface area contributed by atoms with Gasteiger partial charge in [-0.25, -0.2) is 0 Å². The number of furan rings is 1. The summed E-state index contributed by atoms with van der Waals surface area (Å²) < 4.78 is 5.71. The summed E-state index contributed by atoms with van der Waals surface area (Å²) in [5, 5.41) is 6.62. The lowest BCUT2D eigenvalue weighted by Crippen LogP contribution is -2.41. The van der Waals surface area contributed by atoms with Gasteiger partial charge in [0, 0.05) is 32.6 Å². The summed E-state index contributed by atoms with van der Waals surface area (Å²) in [6, 6.07) is 4.16. The number of amides is 1. The van der Waals surface area contributed by atoms with E-state index in [9.17, 15) is 4.79 Å². The standard InChI is InChI=1S/C21H35N5O2.HI/c1-2-22-21(23-11-10-20(27)26-14-6-7-15-26)24-17-18(19-9-8-16-28-19)25-12-4-3-5-13-25;/h8-9,16,18H,2-7,10-15,17H2,1H3,(H2,22,23,24);1H. The van der Waals surface area contributed by atoms with Crippen LogP contribution in [-0.2, 0) is 4.79 Å². The first-order chi connectivity index (χ1) is 13.8. The van der Waals surface area contributed by atoms with Crippen molar-refractivity contribution in [3.05, 3.63) is 24.2 Å². The van der Waals surface area contributed by atoms with E-state index in [1.807, 2.05) is 17.0 Å². The molecular formula is C21H36IN5O2. The predicted molar refractivity (Wildman–Crippen MR) is 127 cm³/mol. The number of carbonyl (C=O) groups is 1. The van der Waals surface area contributed by atoms with Crippen LogP contribution >= 0.6 is 24.0 Å². The topological polar surface area (TPSA) is 73.1 Å². The SMILES string of the molecule is CCNC(=NCC(c1ccco1)N1CCCCC1)NCCC(=O)N1CCCC1.I. The summed E-state index contributed by atoms with van der Waals surface area (Å²) in [7, 11) is 0. The summed E-state index contributed by atoms with van der Waals surface area (Å²) in [6.07, 6.45) is 8.29. The number of carbonyl (C=O) groups excluding carboxylic acids is 1. The normalized spacial score (nSPS) is 18.9. The Morgan fingerprint density at radius 1 is 1.14 bits per heavy atom. The third kappa shape index (κ3) is 7.47. The fourth-order valence-corrected chi connectivity index (χ4v) is 4.03. The minimum atomic E-state index is 0. The Balaban J connectivity index is 0.00000300. The number of halogens is 1. The zero-order valence-corrected chi connectivity index (χ0v) is 19.9. The molecule has 7 nitrogen and oxygen atoms in total. The highest BCUT2D eigenvalue weighted by Gasteiger charge is 2.24. The van der Waals surface area contributed by atoms with Gasteiger partial charge >= 0.3 is 0 Å². The van der Waals surface area contributed by atoms with E-state index in [4.69, 9.17) is 9.41 Å². The Labute approximate surface area is 191 Å². The average molecular weight is 517 g/mol. The third-order valence-electron chi connectivity index (χ3n) is 5.56. The monoisotopic (exact) mass is 517 g/mol. The highest BCUT2D eigenvalue weighted by molar-refractivity contribution is 14.0. The first-order valence-electron chi connectivity index (χ1n) is 10.9. The first-order valence-corrected chi connectivity index (χ1v) is 10.9. The number of piperidine rings is 1. The van der Waals surface area contributed by atoms with Crippen LogP contribution < -0.4 is 10.6 Å². The fourth-order valence-electron chi connectivity index (χ4n) is 4.03. The van der Waals surface area contributed by atoms with E-state index in [1.165, 1.54) is 19.3 Å². The van der Waals surface area contributed by atoms with Crippen molar-refractivity contribution in [2.75, 3.05) is 45.8 Å². The quantitative estimate of drug-likeness (QED) is 0.315. The van der Waals surface area contributed by atoms with Crippen molar-refractivity contribution in [3.8, 4) is 0 Å². The van der Waals surface area contributed by atoms with Crippen molar-refractivity contribution >= 4 is 35.8 Å². The first kappa shape index (κ1) is 24.0. The average Bonchev–Trinajstić information content (AvgIpc) is 3.43.